The Balaban J connectivity index is 1.99. The predicted octanol–water partition coefficient (Wildman–Crippen LogP) is 13.6. The summed E-state index contributed by atoms with van der Waals surface area (Å²) < 4.78 is 0. The molecule has 0 N–H and O–H groups in total. The Hall–Kier alpha value is -0.900. The minimum Gasteiger partial charge on any atom is -0.139 e. The van der Waals surface area contributed by atoms with Crippen LogP contribution in [0.5, 0.6) is 0 Å². The molecule has 0 saturated carbocycles. The van der Waals surface area contributed by atoms with E-state index in [1.54, 1.807) is 20.9 Å². The molecule has 0 amide bonds. The third-order valence-corrected chi connectivity index (χ3v) is 12.5. The van der Waals surface area contributed by atoms with Crippen LogP contribution in [0.4, 0.5) is 0 Å². The first-order chi connectivity index (χ1) is 18.6. The third kappa shape index (κ3) is 9.57. The number of hydrogen-bond acceptors (Lipinski definition) is 3. The van der Waals surface area contributed by atoms with Gasteiger partial charge in [0.25, 0.3) is 0 Å². The van der Waals surface area contributed by atoms with E-state index >= 15 is 0 Å². The van der Waals surface area contributed by atoms with Crippen molar-refractivity contribution in [2.45, 2.75) is 156 Å². The molecule has 0 saturated heterocycles. The van der Waals surface area contributed by atoms with Crippen molar-refractivity contribution < 1.29 is 0 Å². The maximum Gasteiger partial charge on any atom is 0.0484 e. The molecule has 0 bridgehead atoms. The van der Waals surface area contributed by atoms with Crippen LogP contribution in [0, 0.1) is 0 Å². The number of hydrogen-bond donors (Lipinski definition) is 0. The van der Waals surface area contributed by atoms with Gasteiger partial charge in [0.15, 0.2) is 0 Å². The van der Waals surface area contributed by atoms with Gasteiger partial charge in [0.05, 0.1) is 0 Å². The molecule has 3 aromatic rings. The number of unbranched alkanes of at least 4 members (excludes halogenated alkanes) is 10. The van der Waals surface area contributed by atoms with E-state index in [0.717, 1.165) is 0 Å². The van der Waals surface area contributed by atoms with Crippen LogP contribution in [0.1, 0.15) is 153 Å². The Morgan fingerprint density at radius 3 is 1.15 bits per heavy atom. The number of rotatable bonds is 16. The van der Waals surface area contributed by atoms with Crippen molar-refractivity contribution in [2.24, 2.45) is 0 Å². The highest BCUT2D eigenvalue weighted by Crippen LogP contribution is 2.49. The van der Waals surface area contributed by atoms with Crippen LogP contribution in [-0.2, 0) is 23.7 Å². The molecular weight excluding hydrogens is 529 g/mol. The van der Waals surface area contributed by atoms with Gasteiger partial charge in [-0.15, -0.1) is 34.0 Å². The minimum atomic E-state index is 0.207. The molecule has 3 heterocycles. The lowest BCUT2D eigenvalue weighted by atomic mass is 9.94. The fourth-order valence-electron chi connectivity index (χ4n) is 5.32. The summed E-state index contributed by atoms with van der Waals surface area (Å²) in [6.45, 7) is 18.7. The normalized spacial score (nSPS) is 12.5. The second kappa shape index (κ2) is 15.4. The van der Waals surface area contributed by atoms with Gasteiger partial charge in [-0.05, 0) is 71.9 Å². The molecule has 218 valence electrons. The van der Waals surface area contributed by atoms with E-state index < -0.39 is 0 Å². The quantitative estimate of drug-likeness (QED) is 0.147. The average Bonchev–Trinajstić information content (AvgIpc) is 3.61. The van der Waals surface area contributed by atoms with Gasteiger partial charge >= 0.3 is 0 Å². The highest BCUT2D eigenvalue weighted by Gasteiger charge is 2.25. The second-order valence-electron chi connectivity index (χ2n) is 13.6. The van der Waals surface area contributed by atoms with Crippen molar-refractivity contribution in [3.63, 3.8) is 0 Å². The lowest BCUT2D eigenvalue weighted by Gasteiger charge is -2.15. The molecule has 0 aliphatic carbocycles. The van der Waals surface area contributed by atoms with Gasteiger partial charge in [0.2, 0.25) is 0 Å². The second-order valence-corrected chi connectivity index (χ2v) is 16.8. The zero-order chi connectivity index (χ0) is 28.5. The molecule has 3 aromatic heterocycles. The Bertz CT molecular complexity index is 1020. The topological polar surface area (TPSA) is 0 Å². The van der Waals surface area contributed by atoms with Gasteiger partial charge in [-0.25, -0.2) is 0 Å². The van der Waals surface area contributed by atoms with Crippen molar-refractivity contribution in [1.82, 2.24) is 0 Å². The maximum absolute atomic E-state index is 2.43. The Labute approximate surface area is 253 Å². The van der Waals surface area contributed by atoms with Gasteiger partial charge in [0.1, 0.15) is 0 Å². The molecule has 0 aliphatic rings. The van der Waals surface area contributed by atoms with Gasteiger partial charge in [-0.2, -0.15) is 0 Å². The summed E-state index contributed by atoms with van der Waals surface area (Å²) in [6, 6.07) is 9.64. The molecule has 0 radical (unpaired) electrons. The van der Waals surface area contributed by atoms with Gasteiger partial charge in [0, 0.05) is 29.3 Å². The molecule has 0 nitrogen and oxygen atoms in total. The largest absolute Gasteiger partial charge is 0.139 e. The first kappa shape index (κ1) is 32.6. The van der Waals surface area contributed by atoms with E-state index in [1.165, 1.54) is 109 Å². The van der Waals surface area contributed by atoms with Crippen LogP contribution in [0.15, 0.2) is 24.3 Å². The SMILES string of the molecule is CCCCCCCCc1c(-c2ccc(C(C)(C)C)s2)sc(-c2ccc(C(C)(C)C)s2)c1CCCCCCCC. The smallest absolute Gasteiger partial charge is 0.0484 e. The lowest BCUT2D eigenvalue weighted by Crippen LogP contribution is -2.07. The highest BCUT2D eigenvalue weighted by molar-refractivity contribution is 7.26. The third-order valence-electron chi connectivity index (χ3n) is 7.82. The summed E-state index contributed by atoms with van der Waals surface area (Å²) in [7, 11) is 0. The molecule has 0 spiro atoms. The molecule has 39 heavy (non-hydrogen) atoms. The highest BCUT2D eigenvalue weighted by atomic mass is 32.1. The molecule has 3 heteroatoms. The summed E-state index contributed by atoms with van der Waals surface area (Å²) in [5.74, 6) is 0. The summed E-state index contributed by atoms with van der Waals surface area (Å²) in [6.07, 6.45) is 18.9. The fourth-order valence-corrected chi connectivity index (χ4v) is 9.12. The monoisotopic (exact) mass is 584 g/mol. The van der Waals surface area contributed by atoms with Gasteiger partial charge < -0.3 is 0 Å². The van der Waals surface area contributed by atoms with Crippen LogP contribution >= 0.6 is 34.0 Å². The summed E-state index contributed by atoms with van der Waals surface area (Å²) in [5, 5.41) is 0. The minimum absolute atomic E-state index is 0.207. The maximum atomic E-state index is 2.43. The molecule has 0 unspecified atom stereocenters. The summed E-state index contributed by atoms with van der Waals surface area (Å²) >= 11 is 6.18. The zero-order valence-corrected chi connectivity index (χ0v) is 28.9. The summed E-state index contributed by atoms with van der Waals surface area (Å²) in [5.41, 5.74) is 3.79. The molecule has 3 rings (SSSR count). The van der Waals surface area contributed by atoms with E-state index in [4.69, 9.17) is 0 Å². The van der Waals surface area contributed by atoms with E-state index in [-0.39, 0.29) is 10.8 Å². The van der Waals surface area contributed by atoms with Crippen molar-refractivity contribution >= 4 is 34.0 Å². The zero-order valence-electron chi connectivity index (χ0n) is 26.4. The van der Waals surface area contributed by atoms with Crippen molar-refractivity contribution in [2.75, 3.05) is 0 Å². The van der Waals surface area contributed by atoms with Crippen LogP contribution < -0.4 is 0 Å². The van der Waals surface area contributed by atoms with Crippen LogP contribution in [-0.4, -0.2) is 0 Å². The Kier molecular flexibility index (Phi) is 12.8. The Morgan fingerprint density at radius 2 is 0.821 bits per heavy atom. The Morgan fingerprint density at radius 1 is 0.462 bits per heavy atom. The average molecular weight is 585 g/mol. The summed E-state index contributed by atoms with van der Waals surface area (Å²) in [4.78, 5) is 9.14. The van der Waals surface area contributed by atoms with Crippen LogP contribution in [0.2, 0.25) is 0 Å². The van der Waals surface area contributed by atoms with E-state index in [0.29, 0.717) is 0 Å². The van der Waals surface area contributed by atoms with E-state index in [1.807, 2.05) is 22.7 Å². The fraction of sp³-hybridized carbons (Fsp3) is 0.667. The van der Waals surface area contributed by atoms with Gasteiger partial charge in [-0.3, -0.25) is 0 Å². The molecule has 0 fully saturated rings. The molecular formula is C36H56S3. The standard InChI is InChI=1S/C36H56S3/c1-9-11-13-15-17-19-21-27-28(22-20-18-16-14-12-10-2)34(30-24-26-32(38-30)36(6,7)8)39-33(27)29-23-25-31(37-29)35(3,4)5/h23-26H,9-22H2,1-8H3. The van der Waals surface area contributed by atoms with Crippen molar-refractivity contribution in [3.05, 3.63) is 45.1 Å². The predicted molar refractivity (Wildman–Crippen MR) is 183 cm³/mol. The van der Waals surface area contributed by atoms with E-state index in [2.05, 4.69) is 91.0 Å². The molecule has 0 aromatic carbocycles. The van der Waals surface area contributed by atoms with Crippen molar-refractivity contribution in [3.8, 4) is 19.5 Å². The van der Waals surface area contributed by atoms with Gasteiger partial charge in [-0.1, -0.05) is 120 Å². The molecule has 0 atom stereocenters. The van der Waals surface area contributed by atoms with E-state index in [9.17, 15) is 0 Å². The lowest BCUT2D eigenvalue weighted by molar-refractivity contribution is 0.600. The van der Waals surface area contributed by atoms with Crippen LogP contribution in [0.3, 0.4) is 0 Å². The first-order valence-corrected chi connectivity index (χ1v) is 18.4. The number of thiophene rings is 3. The van der Waals surface area contributed by atoms with Crippen LogP contribution in [0.25, 0.3) is 19.5 Å². The first-order valence-electron chi connectivity index (χ1n) is 15.9. The van der Waals surface area contributed by atoms with Crippen molar-refractivity contribution in [1.29, 1.82) is 0 Å². The molecule has 0 aliphatic heterocycles.